The first-order valence-corrected chi connectivity index (χ1v) is 17.0. The Kier molecular flexibility index (Phi) is 11.6. The molecule has 49 heavy (non-hydrogen) atoms. The Balaban J connectivity index is 1.66. The van der Waals surface area contributed by atoms with Gasteiger partial charge in [0.25, 0.3) is 0 Å². The van der Waals surface area contributed by atoms with Crippen molar-refractivity contribution in [3.8, 4) is 5.75 Å². The second-order valence-corrected chi connectivity index (χ2v) is 15.4. The number of ether oxygens (including phenoxy) is 7. The quantitative estimate of drug-likeness (QED) is 0.147. The topological polar surface area (TPSA) is 131 Å². The molecule has 3 aliphatic rings. The number of hydrogen-bond acceptors (Lipinski definition) is 11. The second kappa shape index (κ2) is 14.7. The number of esters is 1. The highest BCUT2D eigenvalue weighted by Gasteiger charge is 2.43. The number of nitrogens with zero attached hydrogens (tertiary/aromatic N) is 1. The molecule has 0 aliphatic carbocycles. The van der Waals surface area contributed by atoms with Crippen LogP contribution in [0.1, 0.15) is 105 Å². The van der Waals surface area contributed by atoms with E-state index in [9.17, 15) is 14.7 Å². The number of rotatable bonds is 11. The van der Waals surface area contributed by atoms with Gasteiger partial charge in [-0.2, -0.15) is 5.06 Å². The number of aliphatic hydroxyl groups is 1. The Morgan fingerprint density at radius 1 is 1.00 bits per heavy atom. The maximum atomic E-state index is 13.6. The fraction of sp³-hybridized carbons (Fsp3) is 0.676. The molecule has 6 atom stereocenters. The van der Waals surface area contributed by atoms with Crippen molar-refractivity contribution in [2.24, 2.45) is 11.8 Å². The van der Waals surface area contributed by atoms with E-state index in [-0.39, 0.29) is 54.3 Å². The minimum absolute atomic E-state index is 0.00184. The molecule has 2 saturated heterocycles. The molecule has 2 fully saturated rings. The molecular weight excluding hydrogens is 634 g/mol. The van der Waals surface area contributed by atoms with Crippen LogP contribution in [0.25, 0.3) is 6.08 Å². The number of aliphatic hydroxyl groups excluding tert-OH is 1. The van der Waals surface area contributed by atoms with E-state index in [1.54, 1.807) is 73.6 Å². The van der Waals surface area contributed by atoms with E-state index in [1.165, 1.54) is 0 Å². The fourth-order valence-corrected chi connectivity index (χ4v) is 5.71. The number of anilines is 1. The number of hydroxylamine groups is 1. The van der Waals surface area contributed by atoms with Gasteiger partial charge in [-0.05, 0) is 79.4 Å². The van der Waals surface area contributed by atoms with Gasteiger partial charge >= 0.3 is 12.1 Å². The predicted molar refractivity (Wildman–Crippen MR) is 183 cm³/mol. The molecule has 0 aromatic heterocycles. The Labute approximate surface area is 290 Å². The molecule has 1 N–H and O–H groups in total. The van der Waals surface area contributed by atoms with Gasteiger partial charge in [0.2, 0.25) is 5.79 Å². The number of hydrogen-bond donors (Lipinski definition) is 1. The number of cyclic esters (lactones) is 1. The van der Waals surface area contributed by atoms with Crippen LogP contribution >= 0.6 is 0 Å². The third-order valence-electron chi connectivity index (χ3n) is 8.15. The number of benzene rings is 1. The lowest BCUT2D eigenvalue weighted by molar-refractivity contribution is -0.148. The maximum absolute atomic E-state index is 13.6. The first kappa shape index (κ1) is 38.8. The zero-order valence-corrected chi connectivity index (χ0v) is 31.0. The molecule has 0 saturated carbocycles. The van der Waals surface area contributed by atoms with Crippen molar-refractivity contribution in [3.63, 3.8) is 0 Å². The molecule has 1 aromatic carbocycles. The summed E-state index contributed by atoms with van der Waals surface area (Å²) in [5.74, 6) is -3.16. The molecule has 1 unspecified atom stereocenters. The zero-order valence-electron chi connectivity index (χ0n) is 31.0. The van der Waals surface area contributed by atoms with Gasteiger partial charge in [-0.1, -0.05) is 38.2 Å². The van der Waals surface area contributed by atoms with E-state index < -0.39 is 47.2 Å². The Hall–Kier alpha value is -3.00. The lowest BCUT2D eigenvalue weighted by atomic mass is 9.94. The van der Waals surface area contributed by atoms with Gasteiger partial charge in [0.15, 0.2) is 11.6 Å². The van der Waals surface area contributed by atoms with E-state index in [0.29, 0.717) is 12.0 Å². The Bertz CT molecular complexity index is 1410. The summed E-state index contributed by atoms with van der Waals surface area (Å²) < 4.78 is 41.5. The van der Waals surface area contributed by atoms with E-state index in [0.717, 1.165) is 5.06 Å². The number of carbonyl (C=O) groups excluding carboxylic acids is 2. The van der Waals surface area contributed by atoms with Crippen molar-refractivity contribution in [1.29, 1.82) is 0 Å². The van der Waals surface area contributed by atoms with Crippen LogP contribution in [0, 0.1) is 11.8 Å². The van der Waals surface area contributed by atoms with Crippen LogP contribution in [0.4, 0.5) is 10.5 Å². The van der Waals surface area contributed by atoms with Crippen molar-refractivity contribution in [1.82, 2.24) is 0 Å². The van der Waals surface area contributed by atoms with Crippen molar-refractivity contribution in [2.75, 3.05) is 18.3 Å². The summed E-state index contributed by atoms with van der Waals surface area (Å²) in [4.78, 5) is 32.9. The van der Waals surface area contributed by atoms with Crippen LogP contribution in [0.15, 0.2) is 30.4 Å². The number of carbonyl (C=O) groups is 2. The van der Waals surface area contributed by atoms with Crippen molar-refractivity contribution < 1.29 is 52.7 Å². The molecule has 1 amide bonds. The normalized spacial score (nSPS) is 26.2. The van der Waals surface area contributed by atoms with E-state index in [2.05, 4.69) is 6.92 Å². The molecule has 0 spiro atoms. The van der Waals surface area contributed by atoms with Gasteiger partial charge < -0.3 is 38.3 Å². The molecule has 1 aromatic rings. The van der Waals surface area contributed by atoms with Gasteiger partial charge in [-0.3, -0.25) is 4.84 Å². The summed E-state index contributed by atoms with van der Waals surface area (Å²) in [7, 11) is 0. The third kappa shape index (κ3) is 10.5. The molecule has 3 aliphatic heterocycles. The van der Waals surface area contributed by atoms with Crippen LogP contribution in [0.5, 0.6) is 5.75 Å². The number of fused-ring (bicyclic) bond motifs is 1. The summed E-state index contributed by atoms with van der Waals surface area (Å²) in [5.41, 5.74) is 0.116. The van der Waals surface area contributed by atoms with Gasteiger partial charge in [-0.15, -0.1) is 0 Å². The highest BCUT2D eigenvalue weighted by atomic mass is 16.8. The molecule has 12 heteroatoms. The Morgan fingerprint density at radius 2 is 1.69 bits per heavy atom. The van der Waals surface area contributed by atoms with Crippen molar-refractivity contribution in [3.05, 3.63) is 41.5 Å². The van der Waals surface area contributed by atoms with Crippen molar-refractivity contribution >= 4 is 23.8 Å². The average molecular weight is 690 g/mol. The number of amides is 1. The lowest BCUT2D eigenvalue weighted by Gasteiger charge is -2.33. The van der Waals surface area contributed by atoms with Crippen LogP contribution in [-0.4, -0.2) is 77.8 Å². The zero-order chi connectivity index (χ0) is 36.5. The van der Waals surface area contributed by atoms with E-state index in [4.69, 9.17) is 38.0 Å². The summed E-state index contributed by atoms with van der Waals surface area (Å²) in [6.07, 6.45) is 5.97. The van der Waals surface area contributed by atoms with Crippen LogP contribution in [0.2, 0.25) is 0 Å². The van der Waals surface area contributed by atoms with Gasteiger partial charge in [0.05, 0.1) is 30.6 Å². The summed E-state index contributed by atoms with van der Waals surface area (Å²) in [5, 5.41) is 11.0. The van der Waals surface area contributed by atoms with Crippen molar-refractivity contribution in [2.45, 2.75) is 137 Å². The average Bonchev–Trinajstić information content (AvgIpc) is 3.46. The van der Waals surface area contributed by atoms with Gasteiger partial charge in [-0.25, -0.2) is 9.59 Å². The third-order valence-corrected chi connectivity index (χ3v) is 8.15. The van der Waals surface area contributed by atoms with E-state index >= 15 is 0 Å². The predicted octanol–water partition coefficient (Wildman–Crippen LogP) is 6.93. The summed E-state index contributed by atoms with van der Waals surface area (Å²) in [6.45, 7) is 22.0. The van der Waals surface area contributed by atoms with Gasteiger partial charge in [0.1, 0.15) is 29.6 Å². The molecule has 0 radical (unpaired) electrons. The SMILES string of the molecule is CC(/C=C\[C@@H](C)[C@H](C)O)[C@H]1OC(C)(C)O[C@H]1C/C=C/c1cc(N(OC[C@H]2COC(C)(C)O2)C(=O)OC(C)(C)C)cc2c1C(=O)OC(C)(C)O2. The largest absolute Gasteiger partial charge is 0.452 e. The standard InChI is InChI=1S/C37H55NO11/c1-22(24(3)39)16-17-23(2)31-28(45-36(9,10)47-31)15-13-14-25-18-26(19-29-30(25)32(40)48-37(11,12)46-29)38(33(41)49-34(4,5)6)43-21-27-20-42-35(7,8)44-27/h13-14,16-19,22-24,27-28,31,39H,15,20-21H2,1-12H3/b14-13+,17-16-/t22-,23?,24+,27-,28+,31-/m1/s1. The minimum Gasteiger partial charge on any atom is -0.452 e. The fourth-order valence-electron chi connectivity index (χ4n) is 5.71. The van der Waals surface area contributed by atoms with Crippen LogP contribution in [-0.2, 0) is 33.3 Å². The van der Waals surface area contributed by atoms with Crippen LogP contribution in [0.3, 0.4) is 0 Å². The molecule has 0 bridgehead atoms. The monoisotopic (exact) mass is 689 g/mol. The van der Waals surface area contributed by atoms with E-state index in [1.807, 2.05) is 39.0 Å². The summed E-state index contributed by atoms with van der Waals surface area (Å²) in [6, 6.07) is 3.21. The lowest BCUT2D eigenvalue weighted by Crippen LogP contribution is -2.41. The smallest absolute Gasteiger partial charge is 0.439 e. The maximum Gasteiger partial charge on any atom is 0.439 e. The highest BCUT2D eigenvalue weighted by molar-refractivity contribution is 5.99. The molecular formula is C37H55NO11. The molecule has 4 rings (SSSR count). The minimum atomic E-state index is -1.25. The second-order valence-electron chi connectivity index (χ2n) is 15.4. The first-order chi connectivity index (χ1) is 22.5. The first-order valence-electron chi connectivity index (χ1n) is 17.0. The van der Waals surface area contributed by atoms with Crippen LogP contribution < -0.4 is 9.80 Å². The Morgan fingerprint density at radius 3 is 2.31 bits per heavy atom. The molecule has 3 heterocycles. The van der Waals surface area contributed by atoms with Gasteiger partial charge in [0, 0.05) is 25.8 Å². The summed E-state index contributed by atoms with van der Waals surface area (Å²) >= 11 is 0. The highest BCUT2D eigenvalue weighted by Crippen LogP contribution is 2.39. The molecule has 274 valence electrons. The molecule has 12 nitrogen and oxygen atoms in total.